The molecule has 5 heteroatoms. The van der Waals surface area contributed by atoms with Crippen molar-refractivity contribution in [3.63, 3.8) is 0 Å². The number of ether oxygens (including phenoxy) is 1. The van der Waals surface area contributed by atoms with Crippen LogP contribution in [0.15, 0.2) is 0 Å². The summed E-state index contributed by atoms with van der Waals surface area (Å²) in [7, 11) is 5.18. The normalized spacial score (nSPS) is 21.7. The monoisotopic (exact) mass is 221 g/mol. The maximum Gasteiger partial charge on any atom is 2.00 e. The smallest absolute Gasteiger partial charge is 0.626 e. The van der Waals surface area contributed by atoms with Gasteiger partial charge in [0, 0.05) is 0 Å². The molecule has 0 aromatic rings. The summed E-state index contributed by atoms with van der Waals surface area (Å²) in [5, 5.41) is 0. The molecule has 1 aliphatic heterocycles. The van der Waals surface area contributed by atoms with Crippen LogP contribution in [0.2, 0.25) is 12.6 Å². The summed E-state index contributed by atoms with van der Waals surface area (Å²) >= 11 is 0. The van der Waals surface area contributed by atoms with Gasteiger partial charge in [-0.15, -0.1) is 0 Å². The van der Waals surface area contributed by atoms with E-state index in [2.05, 4.69) is 19.1 Å². The van der Waals surface area contributed by atoms with E-state index in [4.69, 9.17) is 0 Å². The van der Waals surface area contributed by atoms with E-state index in [1.807, 2.05) is 13.4 Å². The minimum absolute atomic E-state index is 0. The van der Waals surface area contributed by atoms with Crippen molar-refractivity contribution in [1.82, 2.24) is 4.90 Å². The maximum absolute atomic E-state index is 11.0. The van der Waals surface area contributed by atoms with Crippen LogP contribution in [0.3, 0.4) is 0 Å². The van der Waals surface area contributed by atoms with Crippen molar-refractivity contribution in [1.29, 1.82) is 0 Å². The van der Waals surface area contributed by atoms with Crippen LogP contribution >= 0.6 is 0 Å². The van der Waals surface area contributed by atoms with E-state index in [0.717, 1.165) is 19.4 Å². The second-order valence-corrected chi connectivity index (χ2v) is 2.89. The fourth-order valence-corrected chi connectivity index (χ4v) is 1.37. The molecule has 0 aromatic carbocycles. The quantitative estimate of drug-likeness (QED) is 0.498. The van der Waals surface area contributed by atoms with E-state index in [-0.39, 0.29) is 23.2 Å². The molecule has 1 saturated heterocycles. The van der Waals surface area contributed by atoms with Crippen molar-refractivity contribution in [2.24, 2.45) is 0 Å². The number of carbonyl (C=O) groups excluding carboxylic acids is 1. The first-order valence-electron chi connectivity index (χ1n) is 4.15. The summed E-state index contributed by atoms with van der Waals surface area (Å²) in [5.41, 5.74) is 0. The van der Waals surface area contributed by atoms with Crippen molar-refractivity contribution in [3.05, 3.63) is 13.7 Å². The molecule has 2 radical (unpaired) electrons. The first kappa shape index (κ1) is 12.9. The van der Waals surface area contributed by atoms with Gasteiger partial charge in [0.25, 0.3) is 0 Å². The molecule has 0 saturated carbocycles. The molecule has 13 heavy (non-hydrogen) atoms. The maximum atomic E-state index is 11.0. The molecule has 0 bridgehead atoms. The molecular weight excluding hydrogens is 208 g/mol. The molecule has 1 amide bonds. The predicted octanol–water partition coefficient (Wildman–Crippen LogP) is 1.71. The minimum Gasteiger partial charge on any atom is -0.626 e. The molecular formula is C8H13BMnNO2. The Kier molecular flexibility index (Phi) is 6.26. The zero-order valence-corrected chi connectivity index (χ0v) is 8.88. The van der Waals surface area contributed by atoms with E-state index >= 15 is 0 Å². The van der Waals surface area contributed by atoms with Crippen LogP contribution in [0.1, 0.15) is 12.8 Å². The number of rotatable bonds is 1. The summed E-state index contributed by atoms with van der Waals surface area (Å²) in [5.74, 6) is 0.401. The van der Waals surface area contributed by atoms with Crippen molar-refractivity contribution in [2.75, 3.05) is 6.54 Å². The Balaban J connectivity index is 0.00000144. The largest absolute Gasteiger partial charge is 2.00 e. The van der Waals surface area contributed by atoms with E-state index in [1.54, 1.807) is 4.90 Å². The third kappa shape index (κ3) is 3.61. The van der Waals surface area contributed by atoms with Gasteiger partial charge in [0.1, 0.15) is 0 Å². The first-order chi connectivity index (χ1) is 5.77. The van der Waals surface area contributed by atoms with E-state index in [9.17, 15) is 4.79 Å². The van der Waals surface area contributed by atoms with Crippen LogP contribution < -0.4 is 0 Å². The van der Waals surface area contributed by atoms with Gasteiger partial charge in [-0.25, -0.2) is 11.3 Å². The number of carbonyl (C=O) groups is 1. The molecule has 0 aliphatic carbocycles. The minimum atomic E-state index is -0.360. The summed E-state index contributed by atoms with van der Waals surface area (Å²) in [6, 6.07) is 0. The van der Waals surface area contributed by atoms with Gasteiger partial charge >= 0.3 is 23.2 Å². The molecule has 0 N–H and O–H groups in total. The molecule has 72 valence electrons. The third-order valence-electron chi connectivity index (χ3n) is 2.09. The number of amides is 1. The fraction of sp³-hybridized carbons (Fsp3) is 0.625. The van der Waals surface area contributed by atoms with Gasteiger partial charge in [0.05, 0.1) is 7.28 Å². The van der Waals surface area contributed by atoms with Crippen molar-refractivity contribution in [2.45, 2.75) is 25.5 Å². The number of hydrogen-bond acceptors (Lipinski definition) is 2. The van der Waals surface area contributed by atoms with Gasteiger partial charge < -0.3 is 9.64 Å². The van der Waals surface area contributed by atoms with Gasteiger partial charge in [0.15, 0.2) is 0 Å². The topological polar surface area (TPSA) is 29.5 Å². The first-order valence-corrected chi connectivity index (χ1v) is 4.15. The van der Waals surface area contributed by atoms with Gasteiger partial charge in [0.2, 0.25) is 0 Å². The van der Waals surface area contributed by atoms with E-state index in [0.29, 0.717) is 5.82 Å². The average Bonchev–Trinajstić information content (AvgIpc) is 2.17. The zero-order chi connectivity index (χ0) is 8.97. The van der Waals surface area contributed by atoms with E-state index < -0.39 is 0 Å². The molecule has 1 heterocycles. The number of hydrogen-bond donors (Lipinski definition) is 0. The van der Waals surface area contributed by atoms with Crippen LogP contribution in [0.25, 0.3) is 0 Å². The fourth-order valence-electron chi connectivity index (χ4n) is 1.37. The Morgan fingerprint density at radius 2 is 2.46 bits per heavy atom. The van der Waals surface area contributed by atoms with Gasteiger partial charge in [-0.05, 0) is 13.0 Å². The number of nitrogens with zero attached hydrogens (tertiary/aromatic N) is 1. The van der Waals surface area contributed by atoms with Crippen LogP contribution in [0.4, 0.5) is 4.79 Å². The van der Waals surface area contributed by atoms with Crippen molar-refractivity contribution < 1.29 is 26.6 Å². The zero-order valence-electron chi connectivity index (χ0n) is 7.70. The van der Waals surface area contributed by atoms with Gasteiger partial charge in [-0.3, -0.25) is 0 Å². The Bertz CT molecular complexity index is 168. The third-order valence-corrected chi connectivity index (χ3v) is 2.09. The predicted molar refractivity (Wildman–Crippen MR) is 47.4 cm³/mol. The number of piperidine rings is 1. The Morgan fingerprint density at radius 3 is 3.00 bits per heavy atom. The van der Waals surface area contributed by atoms with Crippen LogP contribution in [-0.4, -0.2) is 24.8 Å². The molecule has 1 atom stereocenters. The average molecular weight is 221 g/mol. The second-order valence-electron chi connectivity index (χ2n) is 2.89. The van der Waals surface area contributed by atoms with E-state index in [1.165, 1.54) is 0 Å². The summed E-state index contributed by atoms with van der Waals surface area (Å²) in [6.07, 6.45) is 1.79. The molecule has 1 unspecified atom stereocenters. The SMILES string of the molecule is [CH2-]OC(=O)N1[CH-]C([B]C)CCC1.[Mn+2]. The molecule has 3 nitrogen and oxygen atoms in total. The van der Waals surface area contributed by atoms with Gasteiger partial charge in [-0.1, -0.05) is 13.2 Å². The molecule has 0 spiro atoms. The van der Waals surface area contributed by atoms with Crippen LogP contribution in [0.5, 0.6) is 0 Å². The summed E-state index contributed by atoms with van der Waals surface area (Å²) in [4.78, 5) is 12.6. The molecule has 0 aromatic heterocycles. The summed E-state index contributed by atoms with van der Waals surface area (Å²) in [6.45, 7) is 4.65. The second kappa shape index (κ2) is 6.33. The summed E-state index contributed by atoms with van der Waals surface area (Å²) < 4.78 is 4.37. The Labute approximate surface area is 90.9 Å². The molecule has 1 aliphatic rings. The van der Waals surface area contributed by atoms with Crippen LogP contribution in [-0.2, 0) is 21.8 Å². The van der Waals surface area contributed by atoms with Crippen molar-refractivity contribution >= 4 is 13.4 Å². The number of likely N-dealkylation sites (tertiary alicyclic amines) is 1. The Hall–Kier alpha value is -0.146. The Morgan fingerprint density at radius 1 is 1.77 bits per heavy atom. The molecule has 1 rings (SSSR count). The standard InChI is InChI=1S/C8H13BNO2.Mn/c1-9-7-4-3-5-10(6-7)8(11)12-2;/h6-7H,2-5H2,1H3;/q-2;+2. The van der Waals surface area contributed by atoms with Crippen molar-refractivity contribution in [3.8, 4) is 0 Å². The molecule has 1 fully saturated rings. The van der Waals surface area contributed by atoms with Gasteiger partial charge in [-0.2, -0.15) is 12.9 Å². The van der Waals surface area contributed by atoms with Crippen LogP contribution in [0, 0.1) is 13.7 Å².